The lowest BCUT2D eigenvalue weighted by molar-refractivity contribution is 0.809. The van der Waals surface area contributed by atoms with Crippen molar-refractivity contribution in [2.75, 3.05) is 18.0 Å². The molecule has 0 saturated carbocycles. The lowest BCUT2D eigenvalue weighted by atomic mass is 10.3. The maximum atomic E-state index is 5.32. The van der Waals surface area contributed by atoms with Crippen molar-refractivity contribution in [3.8, 4) is 0 Å². The predicted octanol–water partition coefficient (Wildman–Crippen LogP) is 2.47. The third-order valence-corrected chi connectivity index (χ3v) is 3.35. The fraction of sp³-hybridized carbons (Fsp3) is 0.636. The van der Waals surface area contributed by atoms with E-state index in [-0.39, 0.29) is 0 Å². The molecule has 0 spiro atoms. The van der Waals surface area contributed by atoms with Gasteiger partial charge in [-0.3, -0.25) is 0 Å². The first-order chi connectivity index (χ1) is 7.26. The van der Waals surface area contributed by atoms with Gasteiger partial charge in [0.25, 0.3) is 0 Å². The minimum Gasteiger partial charge on any atom is -0.343 e. The Labute approximate surface area is 95.5 Å². The monoisotopic (exact) mass is 223 g/mol. The molecule has 1 aliphatic rings. The Morgan fingerprint density at radius 2 is 2.07 bits per heavy atom. The van der Waals surface area contributed by atoms with Crippen LogP contribution in [0.15, 0.2) is 0 Å². The van der Waals surface area contributed by atoms with Crippen LogP contribution in [-0.2, 0) is 12.8 Å². The molecular formula is C11H17N3S. The first-order valence-corrected chi connectivity index (χ1v) is 6.04. The molecule has 2 rings (SSSR count). The summed E-state index contributed by atoms with van der Waals surface area (Å²) in [5.74, 6) is 0.936. The second kappa shape index (κ2) is 4.31. The molecule has 3 nitrogen and oxygen atoms in total. The zero-order valence-electron chi connectivity index (χ0n) is 9.34. The third-order valence-electron chi connectivity index (χ3n) is 3.01. The fourth-order valence-corrected chi connectivity index (χ4v) is 2.43. The normalized spacial score (nSPS) is 14.0. The van der Waals surface area contributed by atoms with Crippen LogP contribution in [0.2, 0.25) is 0 Å². The van der Waals surface area contributed by atoms with Gasteiger partial charge in [0.1, 0.15) is 4.64 Å². The van der Waals surface area contributed by atoms with Gasteiger partial charge in [-0.15, -0.1) is 0 Å². The SMILES string of the molecule is CCN(CC)c1nc(=S)c2c([nH]1)CCC2. The van der Waals surface area contributed by atoms with Crippen LogP contribution in [0, 0.1) is 4.64 Å². The highest BCUT2D eigenvalue weighted by atomic mass is 32.1. The van der Waals surface area contributed by atoms with E-state index in [0.717, 1.165) is 36.5 Å². The summed E-state index contributed by atoms with van der Waals surface area (Å²) in [5, 5.41) is 0. The lowest BCUT2D eigenvalue weighted by Crippen LogP contribution is -2.24. The molecule has 0 fully saturated rings. The van der Waals surface area contributed by atoms with E-state index in [1.54, 1.807) is 0 Å². The van der Waals surface area contributed by atoms with E-state index >= 15 is 0 Å². The van der Waals surface area contributed by atoms with Crippen molar-refractivity contribution in [2.24, 2.45) is 0 Å². The zero-order chi connectivity index (χ0) is 10.8. The second-order valence-electron chi connectivity index (χ2n) is 3.85. The minimum atomic E-state index is 0.795. The van der Waals surface area contributed by atoms with E-state index in [0.29, 0.717) is 0 Å². The molecule has 4 heteroatoms. The van der Waals surface area contributed by atoms with E-state index in [2.05, 4.69) is 28.7 Å². The van der Waals surface area contributed by atoms with E-state index in [9.17, 15) is 0 Å². The Morgan fingerprint density at radius 1 is 1.33 bits per heavy atom. The molecule has 1 heterocycles. The summed E-state index contributed by atoms with van der Waals surface area (Å²) in [5.41, 5.74) is 2.57. The summed E-state index contributed by atoms with van der Waals surface area (Å²) in [6.45, 7) is 6.20. The van der Waals surface area contributed by atoms with Gasteiger partial charge in [-0.05, 0) is 33.1 Å². The molecule has 1 aromatic rings. The maximum absolute atomic E-state index is 5.32. The first-order valence-electron chi connectivity index (χ1n) is 5.63. The van der Waals surface area contributed by atoms with Crippen molar-refractivity contribution in [2.45, 2.75) is 33.1 Å². The average molecular weight is 223 g/mol. The van der Waals surface area contributed by atoms with Crippen molar-refractivity contribution in [3.05, 3.63) is 15.9 Å². The third kappa shape index (κ3) is 1.91. The van der Waals surface area contributed by atoms with Gasteiger partial charge in [0.05, 0.1) is 0 Å². The number of aryl methyl sites for hydroxylation is 1. The molecule has 0 saturated heterocycles. The molecule has 1 aromatic heterocycles. The summed E-state index contributed by atoms with van der Waals surface area (Å²) < 4.78 is 0.795. The number of aromatic nitrogens is 2. The lowest BCUT2D eigenvalue weighted by Gasteiger charge is -2.20. The van der Waals surface area contributed by atoms with Crippen molar-refractivity contribution in [1.82, 2.24) is 9.97 Å². The number of anilines is 1. The molecule has 0 aliphatic heterocycles. The van der Waals surface area contributed by atoms with Gasteiger partial charge in [-0.2, -0.15) is 0 Å². The first kappa shape index (κ1) is 10.6. The Balaban J connectivity index is 2.43. The fourth-order valence-electron chi connectivity index (χ4n) is 2.12. The molecule has 82 valence electrons. The molecule has 0 unspecified atom stereocenters. The number of nitrogens with zero attached hydrogens (tertiary/aromatic N) is 2. The minimum absolute atomic E-state index is 0.795. The van der Waals surface area contributed by atoms with E-state index in [4.69, 9.17) is 12.2 Å². The Kier molecular flexibility index (Phi) is 3.05. The van der Waals surface area contributed by atoms with Gasteiger partial charge in [-0.1, -0.05) is 12.2 Å². The van der Waals surface area contributed by atoms with Crippen LogP contribution in [0.4, 0.5) is 5.95 Å². The van der Waals surface area contributed by atoms with Gasteiger partial charge >= 0.3 is 0 Å². The number of fused-ring (bicyclic) bond motifs is 1. The van der Waals surface area contributed by atoms with Gasteiger partial charge < -0.3 is 9.88 Å². The van der Waals surface area contributed by atoms with Crippen molar-refractivity contribution in [1.29, 1.82) is 0 Å². The molecule has 0 aromatic carbocycles. The summed E-state index contributed by atoms with van der Waals surface area (Å²) >= 11 is 5.32. The Bertz CT molecular complexity index is 407. The number of H-pyrrole nitrogens is 1. The predicted molar refractivity (Wildman–Crippen MR) is 65.0 cm³/mol. The molecule has 0 amide bonds. The van der Waals surface area contributed by atoms with Crippen molar-refractivity contribution < 1.29 is 0 Å². The van der Waals surface area contributed by atoms with Crippen LogP contribution in [0.1, 0.15) is 31.5 Å². The Morgan fingerprint density at radius 3 is 2.73 bits per heavy atom. The van der Waals surface area contributed by atoms with Crippen LogP contribution in [-0.4, -0.2) is 23.1 Å². The van der Waals surface area contributed by atoms with Crippen molar-refractivity contribution >= 4 is 18.2 Å². The molecule has 1 N–H and O–H groups in total. The maximum Gasteiger partial charge on any atom is 0.204 e. The van der Waals surface area contributed by atoms with Crippen molar-refractivity contribution in [3.63, 3.8) is 0 Å². The highest BCUT2D eigenvalue weighted by Crippen LogP contribution is 2.22. The highest BCUT2D eigenvalue weighted by Gasteiger charge is 2.16. The van der Waals surface area contributed by atoms with Gasteiger partial charge in [-0.25, -0.2) is 4.98 Å². The highest BCUT2D eigenvalue weighted by molar-refractivity contribution is 7.71. The number of nitrogens with one attached hydrogen (secondary N) is 1. The largest absolute Gasteiger partial charge is 0.343 e. The van der Waals surface area contributed by atoms with Gasteiger partial charge in [0.15, 0.2) is 0 Å². The topological polar surface area (TPSA) is 31.9 Å². The van der Waals surface area contributed by atoms with E-state index in [1.807, 2.05) is 0 Å². The van der Waals surface area contributed by atoms with Crippen LogP contribution < -0.4 is 4.90 Å². The van der Waals surface area contributed by atoms with Gasteiger partial charge in [0.2, 0.25) is 5.95 Å². The molecular weight excluding hydrogens is 206 g/mol. The zero-order valence-corrected chi connectivity index (χ0v) is 10.2. The van der Waals surface area contributed by atoms with Crippen LogP contribution in [0.5, 0.6) is 0 Å². The molecule has 0 atom stereocenters. The quantitative estimate of drug-likeness (QED) is 0.799. The summed E-state index contributed by atoms with van der Waals surface area (Å²) in [6.07, 6.45) is 3.42. The van der Waals surface area contributed by atoms with E-state index in [1.165, 1.54) is 17.7 Å². The molecule has 15 heavy (non-hydrogen) atoms. The van der Waals surface area contributed by atoms with Crippen LogP contribution in [0.3, 0.4) is 0 Å². The summed E-state index contributed by atoms with van der Waals surface area (Å²) in [4.78, 5) is 10.1. The molecule has 0 bridgehead atoms. The second-order valence-corrected chi connectivity index (χ2v) is 4.24. The summed E-state index contributed by atoms with van der Waals surface area (Å²) in [7, 11) is 0. The average Bonchev–Trinajstić information content (AvgIpc) is 2.68. The standard InChI is InChI=1S/C11H17N3S/c1-3-14(4-2)11-12-9-7-5-6-8(9)10(15)13-11/h3-7H2,1-2H3,(H,12,13,15). The number of aromatic amines is 1. The number of hydrogen-bond acceptors (Lipinski definition) is 3. The number of hydrogen-bond donors (Lipinski definition) is 1. The summed E-state index contributed by atoms with van der Waals surface area (Å²) in [6, 6.07) is 0. The smallest absolute Gasteiger partial charge is 0.204 e. The van der Waals surface area contributed by atoms with Crippen LogP contribution in [0.25, 0.3) is 0 Å². The number of rotatable bonds is 3. The van der Waals surface area contributed by atoms with E-state index < -0.39 is 0 Å². The molecule has 1 aliphatic carbocycles. The Hall–Kier alpha value is -0.900. The van der Waals surface area contributed by atoms with Gasteiger partial charge in [0, 0.05) is 24.3 Å². The van der Waals surface area contributed by atoms with Crippen LogP contribution >= 0.6 is 12.2 Å². The molecule has 0 radical (unpaired) electrons.